The van der Waals surface area contributed by atoms with Gasteiger partial charge in [-0.15, -0.1) is 0 Å². The van der Waals surface area contributed by atoms with Crippen molar-refractivity contribution in [1.82, 2.24) is 0 Å². The molecule has 1 atom stereocenters. The summed E-state index contributed by atoms with van der Waals surface area (Å²) in [5, 5.41) is 13.2. The third-order valence-corrected chi connectivity index (χ3v) is 4.55. The maximum absolute atomic E-state index is 13.4. The van der Waals surface area contributed by atoms with Gasteiger partial charge in [0.1, 0.15) is 0 Å². The second-order valence-electron chi connectivity index (χ2n) is 6.63. The van der Waals surface area contributed by atoms with Crippen LogP contribution in [0.2, 0.25) is 0 Å². The summed E-state index contributed by atoms with van der Waals surface area (Å²) in [6.07, 6.45) is -0.166. The summed E-state index contributed by atoms with van der Waals surface area (Å²) in [4.78, 5) is 48.3. The quantitative estimate of drug-likeness (QED) is 0.440. The number of anilines is 2. The largest absolute Gasteiger partial charge is 0.449 e. The minimum absolute atomic E-state index is 0.0148. The zero-order valence-electron chi connectivity index (χ0n) is 16.0. The predicted octanol–water partition coefficient (Wildman–Crippen LogP) is 3.04. The van der Waals surface area contributed by atoms with E-state index in [1.54, 1.807) is 18.2 Å². The molecule has 0 bridgehead atoms. The Labute approximate surface area is 170 Å². The first kappa shape index (κ1) is 20.9. The Bertz CT molecular complexity index is 1030. The van der Waals surface area contributed by atoms with Crippen molar-refractivity contribution in [2.75, 3.05) is 16.8 Å². The first-order chi connectivity index (χ1) is 14.3. The number of nitrogens with one attached hydrogen (secondary N) is 1. The van der Waals surface area contributed by atoms with Crippen LogP contribution in [0.3, 0.4) is 0 Å². The van der Waals surface area contributed by atoms with Gasteiger partial charge in [-0.2, -0.15) is 4.39 Å². The molecule has 156 valence electrons. The number of hydrogen-bond acceptors (Lipinski definition) is 6. The lowest BCUT2D eigenvalue weighted by Crippen LogP contribution is -2.31. The SMILES string of the molecule is C[C@@H](OC(=O)c1ccccc1N1CCCC1=O)C(=O)Nc1ccc(F)c([N+](=O)[O-])c1. The van der Waals surface area contributed by atoms with Crippen molar-refractivity contribution >= 4 is 34.8 Å². The van der Waals surface area contributed by atoms with Gasteiger partial charge in [0.25, 0.3) is 5.91 Å². The van der Waals surface area contributed by atoms with Crippen LogP contribution in [0.1, 0.15) is 30.1 Å². The molecule has 2 amide bonds. The van der Waals surface area contributed by atoms with E-state index < -0.39 is 34.4 Å². The van der Waals surface area contributed by atoms with Gasteiger partial charge in [0.05, 0.1) is 16.2 Å². The Morgan fingerprint density at radius 2 is 2.00 bits per heavy atom. The van der Waals surface area contributed by atoms with Crippen LogP contribution in [0.25, 0.3) is 0 Å². The second kappa shape index (κ2) is 8.68. The van der Waals surface area contributed by atoms with Crippen molar-refractivity contribution in [3.05, 3.63) is 64.0 Å². The number of benzene rings is 2. The molecule has 3 rings (SSSR count). The molecule has 9 nitrogen and oxygen atoms in total. The Hall–Kier alpha value is -3.82. The average Bonchev–Trinajstić information content (AvgIpc) is 3.14. The number of ether oxygens (including phenoxy) is 1. The predicted molar refractivity (Wildman–Crippen MR) is 105 cm³/mol. The molecule has 0 saturated carbocycles. The van der Waals surface area contributed by atoms with Crippen LogP contribution in [0.4, 0.5) is 21.5 Å². The molecule has 1 heterocycles. The molecule has 0 unspecified atom stereocenters. The minimum Gasteiger partial charge on any atom is -0.449 e. The number of carbonyl (C=O) groups is 3. The molecular weight excluding hydrogens is 397 g/mol. The monoisotopic (exact) mass is 415 g/mol. The van der Waals surface area contributed by atoms with Gasteiger partial charge in [-0.05, 0) is 37.6 Å². The highest BCUT2D eigenvalue weighted by Gasteiger charge is 2.28. The standard InChI is InChI=1S/C20H18FN3O6/c1-12(19(26)22-13-8-9-15(21)17(11-13)24(28)29)30-20(27)14-5-2-3-6-16(14)23-10-4-7-18(23)25/h2-3,5-6,8-9,11-12H,4,7,10H2,1H3,(H,22,26)/t12-/m1/s1. The van der Waals surface area contributed by atoms with Crippen molar-refractivity contribution in [3.63, 3.8) is 0 Å². The van der Waals surface area contributed by atoms with Crippen LogP contribution in [0, 0.1) is 15.9 Å². The average molecular weight is 415 g/mol. The summed E-state index contributed by atoms with van der Waals surface area (Å²) in [5.41, 5.74) is -0.252. The highest BCUT2D eigenvalue weighted by molar-refractivity contribution is 6.04. The van der Waals surface area contributed by atoms with Crippen molar-refractivity contribution in [2.45, 2.75) is 25.9 Å². The molecule has 0 aliphatic carbocycles. The molecule has 10 heteroatoms. The van der Waals surface area contributed by atoms with E-state index in [9.17, 15) is 28.9 Å². The normalized spacial score (nSPS) is 14.3. The van der Waals surface area contributed by atoms with Gasteiger partial charge in [0, 0.05) is 24.7 Å². The van der Waals surface area contributed by atoms with E-state index in [4.69, 9.17) is 4.74 Å². The van der Waals surface area contributed by atoms with E-state index in [0.717, 1.165) is 18.2 Å². The fourth-order valence-electron chi connectivity index (χ4n) is 3.04. The van der Waals surface area contributed by atoms with Crippen LogP contribution >= 0.6 is 0 Å². The van der Waals surface area contributed by atoms with Crippen LogP contribution in [-0.4, -0.2) is 35.4 Å². The van der Waals surface area contributed by atoms with Crippen LogP contribution < -0.4 is 10.2 Å². The number of esters is 1. The lowest BCUT2D eigenvalue weighted by atomic mass is 10.1. The number of halogens is 1. The maximum atomic E-state index is 13.4. The van der Waals surface area contributed by atoms with Gasteiger partial charge in [-0.3, -0.25) is 19.7 Å². The third kappa shape index (κ3) is 4.43. The van der Waals surface area contributed by atoms with Gasteiger partial charge >= 0.3 is 11.7 Å². The fourth-order valence-corrected chi connectivity index (χ4v) is 3.04. The van der Waals surface area contributed by atoms with E-state index in [-0.39, 0.29) is 17.2 Å². The lowest BCUT2D eigenvalue weighted by Gasteiger charge is -2.20. The van der Waals surface area contributed by atoms with Crippen LogP contribution in [-0.2, 0) is 14.3 Å². The number of amides is 2. The number of nitrogens with zero attached hydrogens (tertiary/aromatic N) is 2. The van der Waals surface area contributed by atoms with Crippen molar-refractivity contribution in [2.24, 2.45) is 0 Å². The number of carbonyl (C=O) groups excluding carboxylic acids is 3. The first-order valence-corrected chi connectivity index (χ1v) is 9.13. The molecule has 0 radical (unpaired) electrons. The molecule has 1 fully saturated rings. The third-order valence-electron chi connectivity index (χ3n) is 4.55. The maximum Gasteiger partial charge on any atom is 0.341 e. The van der Waals surface area contributed by atoms with E-state index >= 15 is 0 Å². The second-order valence-corrected chi connectivity index (χ2v) is 6.63. The Balaban J connectivity index is 1.71. The first-order valence-electron chi connectivity index (χ1n) is 9.13. The summed E-state index contributed by atoms with van der Waals surface area (Å²) in [6.45, 7) is 1.82. The van der Waals surface area contributed by atoms with E-state index in [0.29, 0.717) is 25.1 Å². The van der Waals surface area contributed by atoms with Crippen LogP contribution in [0.15, 0.2) is 42.5 Å². The zero-order chi connectivity index (χ0) is 21.8. The van der Waals surface area contributed by atoms with Gasteiger partial charge in [0.15, 0.2) is 6.10 Å². The van der Waals surface area contributed by atoms with Gasteiger partial charge in [-0.25, -0.2) is 4.79 Å². The highest BCUT2D eigenvalue weighted by Crippen LogP contribution is 2.26. The Morgan fingerprint density at radius 1 is 1.27 bits per heavy atom. The van der Waals surface area contributed by atoms with Crippen molar-refractivity contribution in [1.29, 1.82) is 0 Å². The van der Waals surface area contributed by atoms with E-state index in [2.05, 4.69) is 5.32 Å². The minimum atomic E-state index is -1.25. The molecule has 0 spiro atoms. The topological polar surface area (TPSA) is 119 Å². The molecule has 1 aliphatic heterocycles. The highest BCUT2D eigenvalue weighted by atomic mass is 19.1. The van der Waals surface area contributed by atoms with Crippen molar-refractivity contribution < 1.29 is 28.4 Å². The molecule has 2 aromatic rings. The Kier molecular flexibility index (Phi) is 6.05. The zero-order valence-corrected chi connectivity index (χ0v) is 16.0. The fraction of sp³-hybridized carbons (Fsp3) is 0.250. The van der Waals surface area contributed by atoms with E-state index in [1.807, 2.05) is 0 Å². The molecule has 1 aliphatic rings. The summed E-state index contributed by atoms with van der Waals surface area (Å²) in [7, 11) is 0. The van der Waals surface area contributed by atoms with Gasteiger partial charge in [0.2, 0.25) is 11.7 Å². The summed E-state index contributed by atoms with van der Waals surface area (Å²) >= 11 is 0. The number of nitro groups is 1. The number of para-hydroxylation sites is 1. The summed E-state index contributed by atoms with van der Waals surface area (Å²) in [5.74, 6) is -2.68. The van der Waals surface area contributed by atoms with E-state index in [1.165, 1.54) is 17.9 Å². The lowest BCUT2D eigenvalue weighted by molar-refractivity contribution is -0.387. The molecular formula is C20H18FN3O6. The number of rotatable bonds is 6. The smallest absolute Gasteiger partial charge is 0.341 e. The number of nitro benzene ring substituents is 1. The summed E-state index contributed by atoms with van der Waals surface area (Å²) in [6, 6.07) is 9.31. The van der Waals surface area contributed by atoms with Crippen LogP contribution in [0.5, 0.6) is 0 Å². The van der Waals surface area contributed by atoms with Gasteiger partial charge < -0.3 is 15.0 Å². The molecule has 1 saturated heterocycles. The van der Waals surface area contributed by atoms with Gasteiger partial charge in [-0.1, -0.05) is 12.1 Å². The molecule has 1 N–H and O–H groups in total. The number of hydrogen-bond donors (Lipinski definition) is 1. The Morgan fingerprint density at radius 3 is 2.67 bits per heavy atom. The molecule has 30 heavy (non-hydrogen) atoms. The molecule has 2 aromatic carbocycles. The summed E-state index contributed by atoms with van der Waals surface area (Å²) < 4.78 is 18.6. The van der Waals surface area contributed by atoms with Crippen molar-refractivity contribution in [3.8, 4) is 0 Å². The molecule has 0 aromatic heterocycles.